The number of rotatable bonds is 2. The molecule has 3 nitrogen and oxygen atoms in total. The first-order chi connectivity index (χ1) is 8.22. The Kier molecular flexibility index (Phi) is 4.48. The van der Waals surface area contributed by atoms with Crippen LogP contribution in [0, 0.1) is 5.82 Å². The zero-order valence-electron chi connectivity index (χ0n) is 9.92. The average Bonchev–Trinajstić information content (AvgIpc) is 2.57. The summed E-state index contributed by atoms with van der Waals surface area (Å²) in [4.78, 5) is 4.04. The van der Waals surface area contributed by atoms with E-state index >= 15 is 0 Å². The Morgan fingerprint density at radius 2 is 2.29 bits per heavy atom. The van der Waals surface area contributed by atoms with Crippen molar-refractivity contribution in [3.05, 3.63) is 28.2 Å². The van der Waals surface area contributed by atoms with Gasteiger partial charge >= 0.3 is 0 Å². The van der Waals surface area contributed by atoms with Crippen LogP contribution in [0.25, 0.3) is 0 Å². The Balaban J connectivity index is 2.25. The quantitative estimate of drug-likeness (QED) is 0.851. The van der Waals surface area contributed by atoms with Crippen LogP contribution in [0.4, 0.5) is 4.39 Å². The molecular weight excluding hydrogens is 285 g/mol. The SMILES string of the molecule is CNN1CCCCC[C@@H]1c1cnc(Br)c(F)c1. The van der Waals surface area contributed by atoms with Gasteiger partial charge in [-0.05, 0) is 47.4 Å². The first kappa shape index (κ1) is 12.9. The van der Waals surface area contributed by atoms with E-state index in [4.69, 9.17) is 0 Å². The maximum atomic E-state index is 13.5. The van der Waals surface area contributed by atoms with Gasteiger partial charge < -0.3 is 0 Å². The highest BCUT2D eigenvalue weighted by atomic mass is 79.9. The van der Waals surface area contributed by atoms with Crippen LogP contribution >= 0.6 is 15.9 Å². The van der Waals surface area contributed by atoms with Gasteiger partial charge in [0.15, 0.2) is 5.82 Å². The lowest BCUT2D eigenvalue weighted by atomic mass is 10.0. The van der Waals surface area contributed by atoms with Gasteiger partial charge in [0.05, 0.1) is 6.04 Å². The van der Waals surface area contributed by atoms with E-state index in [0.717, 1.165) is 18.5 Å². The highest BCUT2D eigenvalue weighted by Crippen LogP contribution is 2.29. The second kappa shape index (κ2) is 5.89. The smallest absolute Gasteiger partial charge is 0.156 e. The summed E-state index contributed by atoms with van der Waals surface area (Å²) in [7, 11) is 1.92. The van der Waals surface area contributed by atoms with Crippen molar-refractivity contribution >= 4 is 15.9 Å². The highest BCUT2D eigenvalue weighted by molar-refractivity contribution is 9.10. The van der Waals surface area contributed by atoms with Gasteiger partial charge in [-0.15, -0.1) is 0 Å². The lowest BCUT2D eigenvalue weighted by Gasteiger charge is -2.29. The zero-order valence-corrected chi connectivity index (χ0v) is 11.5. The minimum atomic E-state index is -0.289. The summed E-state index contributed by atoms with van der Waals surface area (Å²) in [6.45, 7) is 0.999. The zero-order chi connectivity index (χ0) is 12.3. The Hall–Kier alpha value is -0.520. The van der Waals surface area contributed by atoms with Crippen LogP contribution in [-0.2, 0) is 0 Å². The normalized spacial score (nSPS) is 22.4. The number of halogens is 2. The van der Waals surface area contributed by atoms with Crippen LogP contribution < -0.4 is 5.43 Å². The van der Waals surface area contributed by atoms with Crippen LogP contribution in [0.15, 0.2) is 16.9 Å². The van der Waals surface area contributed by atoms with Crippen LogP contribution in [-0.4, -0.2) is 23.6 Å². The molecule has 1 fully saturated rings. The van der Waals surface area contributed by atoms with E-state index in [0.29, 0.717) is 0 Å². The van der Waals surface area contributed by atoms with Crippen molar-refractivity contribution in [3.8, 4) is 0 Å². The summed E-state index contributed by atoms with van der Waals surface area (Å²) in [6.07, 6.45) is 6.41. The minimum absolute atomic E-state index is 0.220. The number of nitrogens with zero attached hydrogens (tertiary/aromatic N) is 2. The van der Waals surface area contributed by atoms with Gasteiger partial charge in [0.1, 0.15) is 4.60 Å². The van der Waals surface area contributed by atoms with E-state index < -0.39 is 0 Å². The van der Waals surface area contributed by atoms with Crippen molar-refractivity contribution < 1.29 is 4.39 Å². The van der Waals surface area contributed by atoms with Crippen LogP contribution in [0.3, 0.4) is 0 Å². The summed E-state index contributed by atoms with van der Waals surface area (Å²) < 4.78 is 13.8. The average molecular weight is 302 g/mol. The summed E-state index contributed by atoms with van der Waals surface area (Å²) in [5, 5.41) is 2.18. The molecule has 0 saturated carbocycles. The predicted octanol–water partition coefficient (Wildman–Crippen LogP) is 3.03. The molecule has 1 N–H and O–H groups in total. The maximum absolute atomic E-state index is 13.5. The molecule has 1 aromatic heterocycles. The maximum Gasteiger partial charge on any atom is 0.156 e. The van der Waals surface area contributed by atoms with Crippen LogP contribution in [0.5, 0.6) is 0 Å². The fraction of sp³-hybridized carbons (Fsp3) is 0.583. The first-order valence-electron chi connectivity index (χ1n) is 5.97. The second-order valence-electron chi connectivity index (χ2n) is 4.32. The molecular formula is C12H17BrFN3. The third-order valence-electron chi connectivity index (χ3n) is 3.24. The second-order valence-corrected chi connectivity index (χ2v) is 5.07. The van der Waals surface area contributed by atoms with Gasteiger partial charge in [-0.25, -0.2) is 14.4 Å². The lowest BCUT2D eigenvalue weighted by Crippen LogP contribution is -2.38. The Morgan fingerprint density at radius 1 is 1.47 bits per heavy atom. The van der Waals surface area contributed by atoms with E-state index in [9.17, 15) is 4.39 Å². The first-order valence-corrected chi connectivity index (χ1v) is 6.76. The molecule has 1 aliphatic heterocycles. The largest absolute Gasteiger partial charge is 0.258 e. The van der Waals surface area contributed by atoms with Crippen molar-refractivity contribution in [2.24, 2.45) is 0 Å². The molecule has 0 amide bonds. The van der Waals surface area contributed by atoms with E-state index in [1.165, 1.54) is 19.3 Å². The minimum Gasteiger partial charge on any atom is -0.258 e. The number of hydrogen-bond acceptors (Lipinski definition) is 3. The molecule has 2 heterocycles. The molecule has 0 radical (unpaired) electrons. The van der Waals surface area contributed by atoms with Gasteiger partial charge in [-0.3, -0.25) is 5.43 Å². The summed E-state index contributed by atoms with van der Waals surface area (Å²) in [5.41, 5.74) is 4.14. The van der Waals surface area contributed by atoms with Gasteiger partial charge in [0.2, 0.25) is 0 Å². The van der Waals surface area contributed by atoms with Crippen LogP contribution in [0.2, 0.25) is 0 Å². The lowest BCUT2D eigenvalue weighted by molar-refractivity contribution is 0.142. The summed E-state index contributed by atoms with van der Waals surface area (Å²) >= 11 is 3.09. The molecule has 0 unspecified atom stereocenters. The molecule has 0 spiro atoms. The highest BCUT2D eigenvalue weighted by Gasteiger charge is 2.22. The van der Waals surface area contributed by atoms with Gasteiger partial charge in [-0.2, -0.15) is 0 Å². The number of hydrogen-bond donors (Lipinski definition) is 1. The Bertz CT molecular complexity index is 386. The molecule has 2 rings (SSSR count). The number of aromatic nitrogens is 1. The Morgan fingerprint density at radius 3 is 3.00 bits per heavy atom. The van der Waals surface area contributed by atoms with Crippen molar-refractivity contribution in [2.45, 2.75) is 31.7 Å². The van der Waals surface area contributed by atoms with E-state index in [-0.39, 0.29) is 16.5 Å². The molecule has 1 aliphatic rings. The predicted molar refractivity (Wildman–Crippen MR) is 68.9 cm³/mol. The monoisotopic (exact) mass is 301 g/mol. The molecule has 1 atom stereocenters. The fourth-order valence-corrected chi connectivity index (χ4v) is 2.56. The molecule has 0 aromatic carbocycles. The van der Waals surface area contributed by atoms with E-state index in [1.54, 1.807) is 12.3 Å². The van der Waals surface area contributed by atoms with E-state index in [1.807, 2.05) is 7.05 Å². The van der Waals surface area contributed by atoms with Gasteiger partial charge in [0, 0.05) is 12.7 Å². The van der Waals surface area contributed by atoms with Crippen molar-refractivity contribution in [1.82, 2.24) is 15.4 Å². The topological polar surface area (TPSA) is 28.2 Å². The number of nitrogens with one attached hydrogen (secondary N) is 1. The summed E-state index contributed by atoms with van der Waals surface area (Å²) in [6, 6.07) is 1.80. The number of pyridine rings is 1. The molecule has 1 saturated heterocycles. The standard InChI is InChI=1S/C12H17BrFN3/c1-15-17-6-4-2-3-5-11(17)9-7-10(14)12(13)16-8-9/h7-8,11,15H,2-6H2,1H3/t11-/m1/s1. The third kappa shape index (κ3) is 3.03. The van der Waals surface area contributed by atoms with Gasteiger partial charge in [-0.1, -0.05) is 12.8 Å². The van der Waals surface area contributed by atoms with Crippen molar-refractivity contribution in [2.75, 3.05) is 13.6 Å². The fourth-order valence-electron chi connectivity index (χ4n) is 2.34. The molecule has 0 aliphatic carbocycles. The molecule has 17 heavy (non-hydrogen) atoms. The Labute approximate surface area is 110 Å². The van der Waals surface area contributed by atoms with Crippen LogP contribution in [0.1, 0.15) is 37.3 Å². The summed E-state index contributed by atoms with van der Waals surface area (Å²) in [5.74, 6) is -0.289. The third-order valence-corrected chi connectivity index (χ3v) is 3.83. The van der Waals surface area contributed by atoms with E-state index in [2.05, 4.69) is 31.3 Å². The molecule has 5 heteroatoms. The van der Waals surface area contributed by atoms with Gasteiger partial charge in [0.25, 0.3) is 0 Å². The molecule has 1 aromatic rings. The van der Waals surface area contributed by atoms with Crippen molar-refractivity contribution in [3.63, 3.8) is 0 Å². The number of hydrazine groups is 1. The van der Waals surface area contributed by atoms with Crippen molar-refractivity contribution in [1.29, 1.82) is 0 Å². The molecule has 94 valence electrons. The molecule has 0 bridgehead atoms.